The van der Waals surface area contributed by atoms with Crippen LogP contribution in [0.15, 0.2) is 0 Å². The normalized spacial score (nSPS) is 11.2. The van der Waals surface area contributed by atoms with Gasteiger partial charge in [-0.2, -0.15) is 0 Å². The van der Waals surface area contributed by atoms with Gasteiger partial charge in [-0.3, -0.25) is 4.79 Å². The fraction of sp³-hybridized carbons (Fsp3) is 0.929. The monoisotopic (exact) mass is 259 g/mol. The fourth-order valence-electron chi connectivity index (χ4n) is 1.26. The van der Waals surface area contributed by atoms with Gasteiger partial charge in [-0.25, -0.2) is 0 Å². The van der Waals surface area contributed by atoms with E-state index in [9.17, 15) is 4.79 Å². The Morgan fingerprint density at radius 2 is 1.72 bits per heavy atom. The summed E-state index contributed by atoms with van der Waals surface area (Å²) in [4.78, 5) is 11.4. The zero-order valence-corrected chi connectivity index (χ0v) is 12.3. The van der Waals surface area contributed by atoms with Crippen LogP contribution in [0, 0.1) is 11.8 Å². The quantitative estimate of drug-likeness (QED) is 0.579. The highest BCUT2D eigenvalue weighted by Gasteiger charge is 2.01. The van der Waals surface area contributed by atoms with Crippen molar-refractivity contribution in [2.45, 2.75) is 40.5 Å². The Hall–Kier alpha value is -0.610. The molecule has 0 saturated carbocycles. The van der Waals surface area contributed by atoms with E-state index in [1.54, 1.807) is 0 Å². The average Bonchev–Trinajstić information content (AvgIpc) is 2.27. The number of ether oxygens (including phenoxy) is 2. The summed E-state index contributed by atoms with van der Waals surface area (Å²) in [5.74, 6) is 1.22. The highest BCUT2D eigenvalue weighted by molar-refractivity contribution is 5.75. The molecule has 18 heavy (non-hydrogen) atoms. The van der Waals surface area contributed by atoms with Gasteiger partial charge < -0.3 is 14.8 Å². The summed E-state index contributed by atoms with van der Waals surface area (Å²) in [6.07, 6.45) is 1.48. The van der Waals surface area contributed by atoms with Gasteiger partial charge in [0, 0.05) is 26.2 Å². The van der Waals surface area contributed by atoms with Crippen LogP contribution in [0.5, 0.6) is 0 Å². The molecule has 0 rings (SSSR count). The second-order valence-corrected chi connectivity index (χ2v) is 5.36. The maximum Gasteiger partial charge on any atom is 0.222 e. The zero-order chi connectivity index (χ0) is 13.8. The number of carbonyl (C=O) groups is 1. The van der Waals surface area contributed by atoms with Crippen LogP contribution in [0.4, 0.5) is 0 Å². The second-order valence-electron chi connectivity index (χ2n) is 5.36. The van der Waals surface area contributed by atoms with E-state index in [0.29, 0.717) is 38.0 Å². The van der Waals surface area contributed by atoms with Gasteiger partial charge in [-0.05, 0) is 18.3 Å². The molecule has 0 radical (unpaired) electrons. The van der Waals surface area contributed by atoms with Crippen molar-refractivity contribution < 1.29 is 14.3 Å². The van der Waals surface area contributed by atoms with Crippen molar-refractivity contribution in [2.24, 2.45) is 11.8 Å². The molecular weight excluding hydrogens is 230 g/mol. The minimum absolute atomic E-state index is 0.0349. The van der Waals surface area contributed by atoms with Gasteiger partial charge in [0.1, 0.15) is 0 Å². The first-order valence-corrected chi connectivity index (χ1v) is 6.94. The summed E-state index contributed by atoms with van der Waals surface area (Å²) in [6.45, 7) is 11.7. The third-order valence-corrected chi connectivity index (χ3v) is 2.33. The van der Waals surface area contributed by atoms with E-state index >= 15 is 0 Å². The van der Waals surface area contributed by atoms with Crippen molar-refractivity contribution in [1.29, 1.82) is 0 Å². The Morgan fingerprint density at radius 1 is 1.00 bits per heavy atom. The van der Waals surface area contributed by atoms with Gasteiger partial charge >= 0.3 is 0 Å². The molecule has 0 spiro atoms. The number of nitrogens with one attached hydrogen (secondary N) is 1. The van der Waals surface area contributed by atoms with Crippen molar-refractivity contribution in [3.63, 3.8) is 0 Å². The molecule has 1 amide bonds. The molecule has 0 heterocycles. The van der Waals surface area contributed by atoms with Gasteiger partial charge in [-0.15, -0.1) is 0 Å². The van der Waals surface area contributed by atoms with Crippen LogP contribution < -0.4 is 5.32 Å². The van der Waals surface area contributed by atoms with Gasteiger partial charge in [0.2, 0.25) is 5.91 Å². The smallest absolute Gasteiger partial charge is 0.222 e. The second kappa shape index (κ2) is 11.5. The zero-order valence-electron chi connectivity index (χ0n) is 12.3. The third kappa shape index (κ3) is 13.5. The first-order valence-electron chi connectivity index (χ1n) is 6.94. The fourth-order valence-corrected chi connectivity index (χ4v) is 1.26. The molecule has 0 unspecified atom stereocenters. The Bertz CT molecular complexity index is 185. The Kier molecular flexibility index (Phi) is 11.1. The van der Waals surface area contributed by atoms with Crippen molar-refractivity contribution in [3.05, 3.63) is 0 Å². The van der Waals surface area contributed by atoms with E-state index in [1.807, 2.05) is 0 Å². The molecule has 0 fully saturated rings. The van der Waals surface area contributed by atoms with Gasteiger partial charge in [-0.1, -0.05) is 27.7 Å². The van der Waals surface area contributed by atoms with E-state index in [-0.39, 0.29) is 5.91 Å². The van der Waals surface area contributed by atoms with Crippen LogP contribution in [0.1, 0.15) is 40.5 Å². The minimum atomic E-state index is 0.0349. The van der Waals surface area contributed by atoms with E-state index in [0.717, 1.165) is 19.6 Å². The Labute approximate surface area is 111 Å². The molecule has 4 heteroatoms. The van der Waals surface area contributed by atoms with E-state index < -0.39 is 0 Å². The summed E-state index contributed by atoms with van der Waals surface area (Å²) < 4.78 is 10.8. The van der Waals surface area contributed by atoms with Crippen molar-refractivity contribution >= 4 is 5.91 Å². The maximum atomic E-state index is 11.4. The maximum absolute atomic E-state index is 11.4. The molecule has 0 atom stereocenters. The predicted octanol–water partition coefficient (Wildman–Crippen LogP) is 2.23. The lowest BCUT2D eigenvalue weighted by Gasteiger charge is -2.09. The summed E-state index contributed by atoms with van der Waals surface area (Å²) in [6, 6.07) is 0. The van der Waals surface area contributed by atoms with Crippen molar-refractivity contribution in [1.82, 2.24) is 5.32 Å². The van der Waals surface area contributed by atoms with Crippen LogP contribution in [-0.2, 0) is 14.3 Å². The first kappa shape index (κ1) is 17.4. The highest BCUT2D eigenvalue weighted by atomic mass is 16.5. The molecule has 0 aromatic heterocycles. The lowest BCUT2D eigenvalue weighted by Crippen LogP contribution is -2.28. The van der Waals surface area contributed by atoms with Gasteiger partial charge in [0.15, 0.2) is 0 Å². The topological polar surface area (TPSA) is 47.6 Å². The largest absolute Gasteiger partial charge is 0.381 e. The summed E-state index contributed by atoms with van der Waals surface area (Å²) in [5, 5.41) is 2.81. The molecule has 0 aliphatic heterocycles. The Balaban J connectivity index is 3.22. The van der Waals surface area contributed by atoms with E-state index in [1.165, 1.54) is 0 Å². The molecule has 0 aliphatic rings. The number of hydrogen-bond donors (Lipinski definition) is 1. The molecule has 0 bridgehead atoms. The minimum Gasteiger partial charge on any atom is -0.381 e. The van der Waals surface area contributed by atoms with Crippen LogP contribution in [0.25, 0.3) is 0 Å². The van der Waals surface area contributed by atoms with Crippen LogP contribution in [-0.4, -0.2) is 38.9 Å². The molecule has 0 saturated heterocycles. The number of hydrogen-bond acceptors (Lipinski definition) is 3. The molecule has 0 aromatic carbocycles. The summed E-state index contributed by atoms with van der Waals surface area (Å²) in [7, 11) is 0. The van der Waals surface area contributed by atoms with E-state index in [4.69, 9.17) is 9.47 Å². The third-order valence-electron chi connectivity index (χ3n) is 2.33. The molecule has 108 valence electrons. The SMILES string of the molecule is CC(C)CCOCCC(=O)NCCOCC(C)C. The van der Waals surface area contributed by atoms with Gasteiger partial charge in [0.25, 0.3) is 0 Å². The predicted molar refractivity (Wildman–Crippen MR) is 73.6 cm³/mol. The van der Waals surface area contributed by atoms with Crippen molar-refractivity contribution in [3.8, 4) is 0 Å². The number of carbonyl (C=O) groups excluding carboxylic acids is 1. The first-order chi connectivity index (χ1) is 8.52. The average molecular weight is 259 g/mol. The highest BCUT2D eigenvalue weighted by Crippen LogP contribution is 1.99. The van der Waals surface area contributed by atoms with Crippen LogP contribution >= 0.6 is 0 Å². The molecule has 1 N–H and O–H groups in total. The standard InChI is InChI=1S/C14H29NO3/c1-12(2)5-8-17-9-6-14(16)15-7-10-18-11-13(3)4/h12-13H,5-11H2,1-4H3,(H,15,16). The molecule has 0 aromatic rings. The molecule has 4 nitrogen and oxygen atoms in total. The summed E-state index contributed by atoms with van der Waals surface area (Å²) in [5.41, 5.74) is 0. The van der Waals surface area contributed by atoms with Crippen molar-refractivity contribution in [2.75, 3.05) is 33.0 Å². The van der Waals surface area contributed by atoms with E-state index in [2.05, 4.69) is 33.0 Å². The van der Waals surface area contributed by atoms with Crippen LogP contribution in [0.2, 0.25) is 0 Å². The summed E-state index contributed by atoms with van der Waals surface area (Å²) >= 11 is 0. The molecule has 0 aliphatic carbocycles. The van der Waals surface area contributed by atoms with Crippen LogP contribution in [0.3, 0.4) is 0 Å². The number of amides is 1. The Morgan fingerprint density at radius 3 is 2.33 bits per heavy atom. The molecular formula is C14H29NO3. The lowest BCUT2D eigenvalue weighted by atomic mass is 10.1. The number of rotatable bonds is 11. The lowest BCUT2D eigenvalue weighted by molar-refractivity contribution is -0.122. The van der Waals surface area contributed by atoms with Gasteiger partial charge in [0.05, 0.1) is 13.2 Å².